The van der Waals surface area contributed by atoms with E-state index in [0.29, 0.717) is 24.8 Å². The third kappa shape index (κ3) is 2.93. The van der Waals surface area contributed by atoms with Gasteiger partial charge in [0.15, 0.2) is 5.69 Å². The highest BCUT2D eigenvalue weighted by Gasteiger charge is 2.33. The van der Waals surface area contributed by atoms with Crippen molar-refractivity contribution in [3.63, 3.8) is 0 Å². The van der Waals surface area contributed by atoms with Crippen LogP contribution in [0.1, 0.15) is 17.1 Å². The van der Waals surface area contributed by atoms with E-state index >= 15 is 0 Å². The van der Waals surface area contributed by atoms with Crippen molar-refractivity contribution in [2.24, 2.45) is 0 Å². The van der Waals surface area contributed by atoms with Gasteiger partial charge in [-0.25, -0.2) is 4.98 Å². The number of halogens is 3. The van der Waals surface area contributed by atoms with E-state index in [4.69, 9.17) is 4.74 Å². The van der Waals surface area contributed by atoms with E-state index in [9.17, 15) is 13.2 Å². The Kier molecular flexibility index (Phi) is 3.46. The van der Waals surface area contributed by atoms with Crippen LogP contribution in [0.2, 0.25) is 0 Å². The number of rotatable bonds is 3. The van der Waals surface area contributed by atoms with Crippen LogP contribution < -0.4 is 5.32 Å². The Labute approximate surface area is 94.6 Å². The molecule has 16 heavy (non-hydrogen) atoms. The van der Waals surface area contributed by atoms with Crippen LogP contribution in [-0.2, 0) is 17.5 Å². The number of nitrogens with one attached hydrogen (secondary N) is 1. The minimum absolute atomic E-state index is 0.234. The summed E-state index contributed by atoms with van der Waals surface area (Å²) in [5, 5.41) is 4.62. The fourth-order valence-electron chi connectivity index (χ4n) is 1.45. The largest absolute Gasteiger partial charge is 0.434 e. The number of hydrogen-bond donors (Lipinski definition) is 1. The monoisotopic (exact) mass is 252 g/mol. The predicted octanol–water partition coefficient (Wildman–Crippen LogP) is 2.04. The summed E-state index contributed by atoms with van der Waals surface area (Å²) in [5.41, 5.74) is -0.808. The molecule has 1 aromatic rings. The summed E-state index contributed by atoms with van der Waals surface area (Å²) in [6.45, 7) is 1.70. The summed E-state index contributed by atoms with van der Waals surface area (Å²) in [6, 6.07) is 0.234. The second-order valence-corrected chi connectivity index (χ2v) is 4.51. The fourth-order valence-corrected chi connectivity index (χ4v) is 2.20. The normalized spacial score (nSPS) is 21.6. The van der Waals surface area contributed by atoms with Crippen LogP contribution in [0.25, 0.3) is 0 Å². The minimum Gasteiger partial charge on any atom is -0.380 e. The molecule has 1 aliphatic rings. The molecule has 1 N–H and O–H groups in total. The second kappa shape index (κ2) is 4.68. The van der Waals surface area contributed by atoms with Crippen LogP contribution in [0.15, 0.2) is 5.38 Å². The van der Waals surface area contributed by atoms with E-state index in [2.05, 4.69) is 10.3 Å². The molecule has 1 fully saturated rings. The first-order valence-electron chi connectivity index (χ1n) is 4.88. The van der Waals surface area contributed by atoms with Crippen molar-refractivity contribution in [1.82, 2.24) is 10.3 Å². The zero-order valence-electron chi connectivity index (χ0n) is 8.38. The second-order valence-electron chi connectivity index (χ2n) is 3.57. The third-order valence-electron chi connectivity index (χ3n) is 2.31. The highest BCUT2D eigenvalue weighted by atomic mass is 32.1. The van der Waals surface area contributed by atoms with Crippen LogP contribution in [-0.4, -0.2) is 24.2 Å². The summed E-state index contributed by atoms with van der Waals surface area (Å²) in [5.74, 6) is 0. The summed E-state index contributed by atoms with van der Waals surface area (Å²) < 4.78 is 41.9. The maximum absolute atomic E-state index is 12.2. The van der Waals surface area contributed by atoms with Gasteiger partial charge in [0.05, 0.1) is 6.61 Å². The molecule has 0 spiro atoms. The lowest BCUT2D eigenvalue weighted by Gasteiger charge is -2.07. The number of hydrogen-bond acceptors (Lipinski definition) is 4. The van der Waals surface area contributed by atoms with Gasteiger partial charge in [0.25, 0.3) is 0 Å². The molecule has 1 unspecified atom stereocenters. The predicted molar refractivity (Wildman–Crippen MR) is 53.2 cm³/mol. The van der Waals surface area contributed by atoms with Gasteiger partial charge in [-0.05, 0) is 6.42 Å². The molecule has 0 aliphatic carbocycles. The van der Waals surface area contributed by atoms with Crippen molar-refractivity contribution in [3.05, 3.63) is 16.1 Å². The van der Waals surface area contributed by atoms with Gasteiger partial charge >= 0.3 is 6.18 Å². The van der Waals surface area contributed by atoms with Crippen LogP contribution in [0, 0.1) is 0 Å². The molecule has 1 saturated heterocycles. The molecule has 2 heterocycles. The first kappa shape index (κ1) is 11.8. The molecular weight excluding hydrogens is 241 g/mol. The van der Waals surface area contributed by atoms with Crippen LogP contribution in [0.5, 0.6) is 0 Å². The summed E-state index contributed by atoms with van der Waals surface area (Å²) >= 11 is 1.03. The molecule has 1 aromatic heterocycles. The maximum Gasteiger partial charge on any atom is 0.434 e. The van der Waals surface area contributed by atoms with Gasteiger partial charge in [-0.2, -0.15) is 13.2 Å². The molecule has 7 heteroatoms. The van der Waals surface area contributed by atoms with Gasteiger partial charge in [0.1, 0.15) is 5.01 Å². The molecule has 0 amide bonds. The standard InChI is InChI=1S/C9H11F3N2OS/c10-9(11,12)7-5-16-8(14-7)3-13-6-1-2-15-4-6/h5-6,13H,1-4H2. The van der Waals surface area contributed by atoms with Gasteiger partial charge in [-0.3, -0.25) is 0 Å². The number of thiazole rings is 1. The SMILES string of the molecule is FC(F)(F)c1csc(CNC2CCOC2)n1. The topological polar surface area (TPSA) is 34.1 Å². The number of nitrogens with zero attached hydrogens (tertiary/aromatic N) is 1. The lowest BCUT2D eigenvalue weighted by molar-refractivity contribution is -0.140. The van der Waals surface area contributed by atoms with Crippen molar-refractivity contribution in [2.75, 3.05) is 13.2 Å². The Morgan fingerprint density at radius 2 is 2.38 bits per heavy atom. The van der Waals surface area contributed by atoms with Gasteiger partial charge in [0, 0.05) is 24.6 Å². The zero-order valence-corrected chi connectivity index (χ0v) is 9.20. The van der Waals surface area contributed by atoms with Gasteiger partial charge < -0.3 is 10.1 Å². The molecule has 1 aliphatic heterocycles. The van der Waals surface area contributed by atoms with Gasteiger partial charge in [-0.1, -0.05) is 0 Å². The van der Waals surface area contributed by atoms with E-state index in [1.54, 1.807) is 0 Å². The van der Waals surface area contributed by atoms with E-state index in [1.165, 1.54) is 0 Å². The van der Waals surface area contributed by atoms with Crippen molar-refractivity contribution in [2.45, 2.75) is 25.2 Å². The zero-order chi connectivity index (χ0) is 11.6. The summed E-state index contributed by atoms with van der Waals surface area (Å²) in [4.78, 5) is 3.53. The Bertz CT molecular complexity index is 347. The lowest BCUT2D eigenvalue weighted by atomic mass is 10.3. The fraction of sp³-hybridized carbons (Fsp3) is 0.667. The summed E-state index contributed by atoms with van der Waals surface area (Å²) in [6.07, 6.45) is -3.44. The molecule has 90 valence electrons. The highest BCUT2D eigenvalue weighted by molar-refractivity contribution is 7.09. The van der Waals surface area contributed by atoms with E-state index in [-0.39, 0.29) is 6.04 Å². The van der Waals surface area contributed by atoms with Crippen LogP contribution >= 0.6 is 11.3 Å². The molecule has 0 radical (unpaired) electrons. The number of alkyl halides is 3. The molecule has 1 atom stereocenters. The average Bonchev–Trinajstić information content (AvgIpc) is 2.85. The van der Waals surface area contributed by atoms with E-state index < -0.39 is 11.9 Å². The van der Waals surface area contributed by atoms with Gasteiger partial charge in [-0.15, -0.1) is 11.3 Å². The summed E-state index contributed by atoms with van der Waals surface area (Å²) in [7, 11) is 0. The van der Waals surface area contributed by atoms with Crippen molar-refractivity contribution in [3.8, 4) is 0 Å². The van der Waals surface area contributed by atoms with Crippen LogP contribution in [0.3, 0.4) is 0 Å². The number of aromatic nitrogens is 1. The van der Waals surface area contributed by atoms with Crippen LogP contribution in [0.4, 0.5) is 13.2 Å². The first-order valence-corrected chi connectivity index (χ1v) is 5.76. The minimum atomic E-state index is -4.34. The molecular formula is C9H11F3N2OS. The van der Waals surface area contributed by atoms with Crippen molar-refractivity contribution in [1.29, 1.82) is 0 Å². The Hall–Kier alpha value is -0.660. The Morgan fingerprint density at radius 3 is 2.94 bits per heavy atom. The smallest absolute Gasteiger partial charge is 0.380 e. The van der Waals surface area contributed by atoms with Gasteiger partial charge in [0.2, 0.25) is 0 Å². The highest BCUT2D eigenvalue weighted by Crippen LogP contribution is 2.29. The average molecular weight is 252 g/mol. The van der Waals surface area contributed by atoms with Crippen molar-refractivity contribution >= 4 is 11.3 Å². The molecule has 0 bridgehead atoms. The van der Waals surface area contributed by atoms with Crippen molar-refractivity contribution < 1.29 is 17.9 Å². The Balaban J connectivity index is 1.87. The third-order valence-corrected chi connectivity index (χ3v) is 3.16. The maximum atomic E-state index is 12.2. The molecule has 0 saturated carbocycles. The number of ether oxygens (including phenoxy) is 1. The lowest BCUT2D eigenvalue weighted by Crippen LogP contribution is -2.28. The molecule has 3 nitrogen and oxygen atoms in total. The van der Waals surface area contributed by atoms with E-state index in [1.807, 2.05) is 0 Å². The Morgan fingerprint density at radius 1 is 1.56 bits per heavy atom. The molecule has 0 aromatic carbocycles. The first-order chi connectivity index (χ1) is 7.55. The quantitative estimate of drug-likeness (QED) is 0.894. The van der Waals surface area contributed by atoms with E-state index in [0.717, 1.165) is 23.1 Å². The molecule has 2 rings (SSSR count).